The van der Waals surface area contributed by atoms with Crippen LogP contribution in [0.15, 0.2) is 35.3 Å². The summed E-state index contributed by atoms with van der Waals surface area (Å²) in [5.74, 6) is 2.02. The Kier molecular flexibility index (Phi) is 8.44. The number of ether oxygens (including phenoxy) is 1. The van der Waals surface area contributed by atoms with Gasteiger partial charge in [-0.3, -0.25) is 0 Å². The van der Waals surface area contributed by atoms with Crippen molar-refractivity contribution >= 4 is 14.0 Å². The van der Waals surface area contributed by atoms with Crippen molar-refractivity contribution in [1.82, 2.24) is 0 Å². The minimum absolute atomic E-state index is 0. The third kappa shape index (κ3) is 5.71. The van der Waals surface area contributed by atoms with Crippen LogP contribution in [0.1, 0.15) is 11.6 Å². The molecule has 134 valence electrons. The fourth-order valence-corrected chi connectivity index (χ4v) is 4.54. The van der Waals surface area contributed by atoms with E-state index in [-0.39, 0.29) is 23.1 Å². The zero-order valence-corrected chi connectivity index (χ0v) is 17.6. The minimum Gasteiger partial charge on any atom is -0.478 e. The second-order valence-electron chi connectivity index (χ2n) is 7.24. The largest absolute Gasteiger partial charge is 2.00 e. The predicted octanol–water partition coefficient (Wildman–Crippen LogP) is 4.83. The molecule has 3 aliphatic rings. The number of rotatable bonds is 3. The van der Waals surface area contributed by atoms with Crippen molar-refractivity contribution in [3.8, 4) is 0 Å². The molecule has 0 unspecified atom stereocenters. The Morgan fingerprint density at radius 3 is 2.08 bits per heavy atom. The summed E-state index contributed by atoms with van der Waals surface area (Å²) < 4.78 is 5.87. The molecule has 0 aromatic heterocycles. The predicted molar refractivity (Wildman–Crippen MR) is 107 cm³/mol. The van der Waals surface area contributed by atoms with Crippen molar-refractivity contribution in [1.29, 1.82) is 0 Å². The topological polar surface area (TPSA) is 21.6 Å². The Morgan fingerprint density at radius 1 is 0.885 bits per heavy atom. The number of nitrogens with zero attached hydrogens (tertiary/aromatic N) is 1. The molecule has 1 aromatic rings. The molecule has 2 fully saturated rings. The van der Waals surface area contributed by atoms with Gasteiger partial charge in [0.2, 0.25) is 0 Å². The molecule has 10 radical (unpaired) electrons. The molecule has 4 rings (SSSR count). The third-order valence-electron chi connectivity index (χ3n) is 4.25. The second-order valence-corrected chi connectivity index (χ2v) is 12.3. The van der Waals surface area contributed by atoms with Gasteiger partial charge in [-0.2, -0.15) is 0 Å². The van der Waals surface area contributed by atoms with E-state index in [2.05, 4.69) is 63.2 Å². The number of hydrogen-bond acceptors (Lipinski definition) is 2. The van der Waals surface area contributed by atoms with Gasteiger partial charge in [0.15, 0.2) is 5.90 Å². The molecule has 2 saturated carbocycles. The van der Waals surface area contributed by atoms with Gasteiger partial charge in [0, 0.05) is 0 Å². The monoisotopic (exact) mass is 403 g/mol. The van der Waals surface area contributed by atoms with Crippen molar-refractivity contribution < 1.29 is 21.8 Å². The van der Waals surface area contributed by atoms with Crippen molar-refractivity contribution in [2.75, 3.05) is 6.61 Å². The summed E-state index contributed by atoms with van der Waals surface area (Å²) in [5, 5.41) is 0. The Bertz CT molecular complexity index is 558. The first-order valence-corrected chi connectivity index (χ1v) is 12.2. The first-order valence-electron chi connectivity index (χ1n) is 8.74. The van der Waals surface area contributed by atoms with Crippen molar-refractivity contribution in [2.24, 2.45) is 4.99 Å². The molecule has 26 heavy (non-hydrogen) atoms. The van der Waals surface area contributed by atoms with Crippen LogP contribution in [0.25, 0.3) is 0 Å². The maximum absolute atomic E-state index is 5.87. The molecule has 1 aliphatic heterocycles. The van der Waals surface area contributed by atoms with Crippen LogP contribution < -0.4 is 0 Å². The third-order valence-corrected chi connectivity index (χ3v) is 6.30. The molecule has 0 N–H and O–H groups in total. The molecule has 2 aliphatic carbocycles. The summed E-state index contributed by atoms with van der Waals surface area (Å²) in [6.45, 7) is 7.72. The van der Waals surface area contributed by atoms with E-state index in [0.29, 0.717) is 6.61 Å². The Balaban J connectivity index is 0.000000351. The fraction of sp³-hybridized carbons (Fsp3) is 0.227. The summed E-state index contributed by atoms with van der Waals surface area (Å²) in [4.78, 5) is 4.79. The second kappa shape index (κ2) is 10.1. The number of hydrogen-bond donors (Lipinski definition) is 0. The quantitative estimate of drug-likeness (QED) is 0.663. The average molecular weight is 403 g/mol. The van der Waals surface area contributed by atoms with Gasteiger partial charge in [-0.1, -0.05) is 50.0 Å². The van der Waals surface area contributed by atoms with Crippen LogP contribution in [0.2, 0.25) is 19.6 Å². The molecule has 0 amide bonds. The normalized spacial score (nSPS) is 23.7. The Morgan fingerprint density at radius 2 is 1.50 bits per heavy atom. The van der Waals surface area contributed by atoms with E-state index >= 15 is 0 Å². The van der Waals surface area contributed by atoms with Crippen LogP contribution in [0, 0.1) is 62.8 Å². The van der Waals surface area contributed by atoms with Gasteiger partial charge in [-0.25, -0.2) is 4.99 Å². The summed E-state index contributed by atoms with van der Waals surface area (Å²) in [6.07, 6.45) is 16.5. The van der Waals surface area contributed by atoms with Crippen molar-refractivity contribution in [3.05, 3.63) is 98.7 Å². The van der Waals surface area contributed by atoms with Crippen LogP contribution >= 0.6 is 0 Å². The van der Waals surface area contributed by atoms with Crippen LogP contribution in [0.5, 0.6) is 0 Å². The summed E-state index contributed by atoms with van der Waals surface area (Å²) >= 11 is 0. The zero-order valence-electron chi connectivity index (χ0n) is 15.5. The molecule has 4 heteroatoms. The average Bonchev–Trinajstić information content (AvgIpc) is 3.36. The molecule has 0 spiro atoms. The SMILES string of the molecule is C[Si](C)(C)[C]1[CH][CH][CH][C]1C1=N[C@@H](c2ccccc2)CO1.[CH]1[CH][CH][CH][CH]1.[Fe+2]. The minimum atomic E-state index is -1.36. The first kappa shape index (κ1) is 21.7. The molecule has 2 nitrogen and oxygen atoms in total. The van der Waals surface area contributed by atoms with E-state index in [1.807, 2.05) is 38.2 Å². The van der Waals surface area contributed by atoms with Gasteiger partial charge in [0.25, 0.3) is 0 Å². The van der Waals surface area contributed by atoms with Crippen LogP contribution in [-0.4, -0.2) is 20.6 Å². The smallest absolute Gasteiger partial charge is 0.478 e. The molecular weight excluding hydrogens is 378 g/mol. The molecule has 1 aromatic carbocycles. The van der Waals surface area contributed by atoms with Crippen molar-refractivity contribution in [3.63, 3.8) is 0 Å². The van der Waals surface area contributed by atoms with Crippen LogP contribution in [0.4, 0.5) is 0 Å². The van der Waals surface area contributed by atoms with Crippen LogP contribution in [0.3, 0.4) is 0 Å². The molecular formula is C22H25FeNOSi+2. The van der Waals surface area contributed by atoms with Gasteiger partial charge in [-0.15, -0.1) is 0 Å². The number of aliphatic imine (C=N–C) groups is 1. The van der Waals surface area contributed by atoms with Gasteiger partial charge >= 0.3 is 17.1 Å². The standard InChI is InChI=1S/C17H20NOSi.C5H5.Fe/c1-20(2,3)16-11-7-10-14(16)17-18-15(12-19-17)13-8-5-4-6-9-13;1-2-4-5-3-1;/h4-11,15H,12H2,1-3H3;1-5H;/q;;+2/t15-;;/m1../s1. The molecule has 1 atom stereocenters. The number of benzene rings is 1. The Hall–Kier alpha value is -0.574. The van der Waals surface area contributed by atoms with Gasteiger partial charge in [0.1, 0.15) is 12.6 Å². The molecule has 0 bridgehead atoms. The Labute approximate surface area is 171 Å². The molecule has 0 saturated heterocycles. The van der Waals surface area contributed by atoms with E-state index in [1.54, 1.807) is 0 Å². The van der Waals surface area contributed by atoms with Gasteiger partial charge < -0.3 is 4.74 Å². The molecule has 1 heterocycles. The van der Waals surface area contributed by atoms with E-state index in [9.17, 15) is 0 Å². The van der Waals surface area contributed by atoms with Crippen LogP contribution in [-0.2, 0) is 21.8 Å². The summed E-state index contributed by atoms with van der Waals surface area (Å²) in [5.41, 5.74) is 2.66. The zero-order chi connectivity index (χ0) is 17.7. The van der Waals surface area contributed by atoms with E-state index in [4.69, 9.17) is 9.73 Å². The maximum Gasteiger partial charge on any atom is 2.00 e. The maximum atomic E-state index is 5.87. The fourth-order valence-electron chi connectivity index (χ4n) is 2.95. The van der Waals surface area contributed by atoms with Gasteiger partial charge in [-0.05, 0) is 62.5 Å². The first-order chi connectivity index (χ1) is 12.1. The summed E-state index contributed by atoms with van der Waals surface area (Å²) in [7, 11) is -1.36. The van der Waals surface area contributed by atoms with E-state index in [0.717, 1.165) is 5.90 Å². The van der Waals surface area contributed by atoms with E-state index in [1.165, 1.54) is 17.0 Å². The summed E-state index contributed by atoms with van der Waals surface area (Å²) in [6, 6.07) is 10.5. The van der Waals surface area contributed by atoms with Crippen molar-refractivity contribution in [2.45, 2.75) is 25.7 Å². The van der Waals surface area contributed by atoms with Gasteiger partial charge in [0.05, 0.1) is 14.0 Å². The van der Waals surface area contributed by atoms with E-state index < -0.39 is 8.07 Å².